The summed E-state index contributed by atoms with van der Waals surface area (Å²) in [6.07, 6.45) is 4.05. The molecule has 132 valence electrons. The molecule has 2 unspecified atom stereocenters. The molecular formula is C19H29N3O2. The normalized spacial score (nSPS) is 19.5. The molecule has 1 aliphatic heterocycles. The lowest BCUT2D eigenvalue weighted by Gasteiger charge is -2.26. The minimum absolute atomic E-state index is 0.330. The van der Waals surface area contributed by atoms with E-state index in [0.29, 0.717) is 19.2 Å². The maximum Gasteiger partial charge on any atom is 0.0959 e. The van der Waals surface area contributed by atoms with Crippen molar-refractivity contribution in [1.82, 2.24) is 14.5 Å². The lowest BCUT2D eigenvalue weighted by Crippen LogP contribution is -2.39. The van der Waals surface area contributed by atoms with Gasteiger partial charge in [0.05, 0.1) is 36.1 Å². The number of benzene rings is 1. The molecule has 0 saturated carbocycles. The van der Waals surface area contributed by atoms with Gasteiger partial charge in [-0.2, -0.15) is 0 Å². The Kier molecular flexibility index (Phi) is 5.54. The SMILES string of the molecule is CCN(CC(O)Cn1cnc2cc(C)c(C)cc21)CC1CCCO1. The van der Waals surface area contributed by atoms with E-state index < -0.39 is 6.10 Å². The molecule has 0 aliphatic carbocycles. The molecule has 3 rings (SSSR count). The fourth-order valence-corrected chi connectivity index (χ4v) is 3.45. The van der Waals surface area contributed by atoms with Crippen molar-refractivity contribution in [3.05, 3.63) is 29.6 Å². The van der Waals surface area contributed by atoms with Crippen LogP contribution in [0.5, 0.6) is 0 Å². The van der Waals surface area contributed by atoms with Crippen LogP contribution in [0, 0.1) is 13.8 Å². The summed E-state index contributed by atoms with van der Waals surface area (Å²) >= 11 is 0. The third-order valence-electron chi connectivity index (χ3n) is 5.05. The standard InChI is InChI=1S/C19H29N3O2/c1-4-21(12-17-6-5-7-24-17)10-16(23)11-22-13-20-18-8-14(2)15(3)9-19(18)22/h8-9,13,16-17,23H,4-7,10-12H2,1-3H3. The summed E-state index contributed by atoms with van der Waals surface area (Å²) in [7, 11) is 0. The van der Waals surface area contributed by atoms with Crippen molar-refractivity contribution in [3.63, 3.8) is 0 Å². The van der Waals surface area contributed by atoms with E-state index >= 15 is 0 Å². The number of imidazole rings is 1. The number of hydrogen-bond acceptors (Lipinski definition) is 4. The number of nitrogens with zero attached hydrogens (tertiary/aromatic N) is 3. The number of aliphatic hydroxyl groups is 1. The van der Waals surface area contributed by atoms with Crippen LogP contribution in [0.2, 0.25) is 0 Å². The van der Waals surface area contributed by atoms with Crippen LogP contribution >= 0.6 is 0 Å². The van der Waals surface area contributed by atoms with Crippen molar-refractivity contribution < 1.29 is 9.84 Å². The monoisotopic (exact) mass is 331 g/mol. The highest BCUT2D eigenvalue weighted by molar-refractivity contribution is 5.77. The molecule has 2 heterocycles. The van der Waals surface area contributed by atoms with Gasteiger partial charge in [0.25, 0.3) is 0 Å². The number of likely N-dealkylation sites (N-methyl/N-ethyl adjacent to an activating group) is 1. The maximum absolute atomic E-state index is 10.5. The van der Waals surface area contributed by atoms with Crippen molar-refractivity contribution in [1.29, 1.82) is 0 Å². The Bertz CT molecular complexity index is 677. The number of aliphatic hydroxyl groups excluding tert-OH is 1. The van der Waals surface area contributed by atoms with Crippen LogP contribution in [-0.2, 0) is 11.3 Å². The largest absolute Gasteiger partial charge is 0.390 e. The molecule has 1 aromatic heterocycles. The van der Waals surface area contributed by atoms with Gasteiger partial charge in [0.1, 0.15) is 0 Å². The number of hydrogen-bond donors (Lipinski definition) is 1. The van der Waals surface area contributed by atoms with E-state index in [1.165, 1.54) is 11.1 Å². The zero-order valence-corrected chi connectivity index (χ0v) is 15.0. The molecule has 5 nitrogen and oxygen atoms in total. The summed E-state index contributed by atoms with van der Waals surface area (Å²) in [5, 5.41) is 10.5. The molecule has 24 heavy (non-hydrogen) atoms. The van der Waals surface area contributed by atoms with E-state index in [0.717, 1.165) is 43.6 Å². The van der Waals surface area contributed by atoms with E-state index in [1.807, 2.05) is 6.33 Å². The molecule has 2 atom stereocenters. The summed E-state index contributed by atoms with van der Waals surface area (Å²) in [6, 6.07) is 4.28. The lowest BCUT2D eigenvalue weighted by atomic mass is 10.1. The molecule has 0 amide bonds. The van der Waals surface area contributed by atoms with Crippen LogP contribution in [0.3, 0.4) is 0 Å². The molecule has 1 aliphatic rings. The third kappa shape index (κ3) is 3.97. The van der Waals surface area contributed by atoms with Crippen molar-refractivity contribution in [2.75, 3.05) is 26.2 Å². The molecule has 1 saturated heterocycles. The minimum atomic E-state index is -0.412. The smallest absolute Gasteiger partial charge is 0.0959 e. The highest BCUT2D eigenvalue weighted by atomic mass is 16.5. The molecule has 1 N–H and O–H groups in total. The highest BCUT2D eigenvalue weighted by Crippen LogP contribution is 2.19. The molecule has 0 spiro atoms. The first-order valence-corrected chi connectivity index (χ1v) is 9.01. The molecule has 1 fully saturated rings. The van der Waals surface area contributed by atoms with Crippen LogP contribution in [0.15, 0.2) is 18.5 Å². The van der Waals surface area contributed by atoms with E-state index in [1.54, 1.807) is 0 Å². The van der Waals surface area contributed by atoms with Crippen molar-refractivity contribution in [2.45, 2.75) is 52.4 Å². The highest BCUT2D eigenvalue weighted by Gasteiger charge is 2.20. The number of rotatable bonds is 7. The van der Waals surface area contributed by atoms with Crippen LogP contribution in [0.25, 0.3) is 11.0 Å². The van der Waals surface area contributed by atoms with Crippen LogP contribution in [-0.4, -0.2) is 58.0 Å². The Morgan fingerprint density at radius 2 is 2.17 bits per heavy atom. The van der Waals surface area contributed by atoms with Gasteiger partial charge in [-0.3, -0.25) is 4.90 Å². The van der Waals surface area contributed by atoms with Crippen molar-refractivity contribution >= 4 is 11.0 Å². The number of ether oxygens (including phenoxy) is 1. The van der Waals surface area contributed by atoms with Gasteiger partial charge in [-0.25, -0.2) is 4.98 Å². The van der Waals surface area contributed by atoms with Gasteiger partial charge < -0.3 is 14.4 Å². The summed E-state index contributed by atoms with van der Waals surface area (Å²) in [5.74, 6) is 0. The zero-order valence-electron chi connectivity index (χ0n) is 15.0. The first-order chi connectivity index (χ1) is 11.6. The Hall–Kier alpha value is -1.43. The number of aromatic nitrogens is 2. The average Bonchev–Trinajstić information content (AvgIpc) is 3.18. The van der Waals surface area contributed by atoms with Crippen molar-refractivity contribution in [2.24, 2.45) is 0 Å². The molecule has 0 radical (unpaired) electrons. The van der Waals surface area contributed by atoms with Gasteiger partial charge in [0, 0.05) is 19.7 Å². The summed E-state index contributed by atoms with van der Waals surface area (Å²) in [6.45, 7) is 10.3. The Balaban J connectivity index is 1.63. The number of aryl methyl sites for hydroxylation is 2. The molecular weight excluding hydrogens is 302 g/mol. The molecule has 5 heteroatoms. The first kappa shape index (κ1) is 17.4. The van der Waals surface area contributed by atoms with E-state index in [4.69, 9.17) is 4.74 Å². The third-order valence-corrected chi connectivity index (χ3v) is 5.05. The fourth-order valence-electron chi connectivity index (χ4n) is 3.45. The Labute approximate surface area is 144 Å². The second-order valence-corrected chi connectivity index (χ2v) is 6.96. The fraction of sp³-hybridized carbons (Fsp3) is 0.632. The van der Waals surface area contributed by atoms with E-state index in [2.05, 4.69) is 47.4 Å². The van der Waals surface area contributed by atoms with Gasteiger partial charge in [-0.1, -0.05) is 6.92 Å². The van der Waals surface area contributed by atoms with Gasteiger partial charge in [-0.05, 0) is 56.5 Å². The van der Waals surface area contributed by atoms with Gasteiger partial charge in [0.15, 0.2) is 0 Å². The molecule has 1 aromatic carbocycles. The zero-order chi connectivity index (χ0) is 17.1. The van der Waals surface area contributed by atoms with Crippen LogP contribution in [0.1, 0.15) is 30.9 Å². The quantitative estimate of drug-likeness (QED) is 0.847. The van der Waals surface area contributed by atoms with Gasteiger partial charge >= 0.3 is 0 Å². The number of fused-ring (bicyclic) bond motifs is 1. The minimum Gasteiger partial charge on any atom is -0.390 e. The summed E-state index contributed by atoms with van der Waals surface area (Å²) < 4.78 is 7.78. The molecule has 2 aromatic rings. The van der Waals surface area contributed by atoms with Crippen LogP contribution < -0.4 is 0 Å². The lowest BCUT2D eigenvalue weighted by molar-refractivity contribution is 0.0477. The van der Waals surface area contributed by atoms with Crippen LogP contribution in [0.4, 0.5) is 0 Å². The topological polar surface area (TPSA) is 50.5 Å². The predicted molar refractivity (Wildman–Crippen MR) is 96.3 cm³/mol. The molecule has 0 bridgehead atoms. The van der Waals surface area contributed by atoms with E-state index in [9.17, 15) is 5.11 Å². The maximum atomic E-state index is 10.5. The summed E-state index contributed by atoms with van der Waals surface area (Å²) in [5.41, 5.74) is 4.60. The Morgan fingerprint density at radius 3 is 2.88 bits per heavy atom. The average molecular weight is 331 g/mol. The Morgan fingerprint density at radius 1 is 1.38 bits per heavy atom. The summed E-state index contributed by atoms with van der Waals surface area (Å²) in [4.78, 5) is 6.76. The predicted octanol–water partition coefficient (Wildman–Crippen LogP) is 2.51. The second-order valence-electron chi connectivity index (χ2n) is 6.96. The van der Waals surface area contributed by atoms with E-state index in [-0.39, 0.29) is 0 Å². The van der Waals surface area contributed by atoms with Crippen molar-refractivity contribution in [3.8, 4) is 0 Å². The first-order valence-electron chi connectivity index (χ1n) is 9.01. The second kappa shape index (κ2) is 7.64. The van der Waals surface area contributed by atoms with Gasteiger partial charge in [0.2, 0.25) is 0 Å². The van der Waals surface area contributed by atoms with Gasteiger partial charge in [-0.15, -0.1) is 0 Å².